The van der Waals surface area contributed by atoms with E-state index in [-0.39, 0.29) is 0 Å². The minimum absolute atomic E-state index is 0.342. The van der Waals surface area contributed by atoms with Gasteiger partial charge in [-0.2, -0.15) is 9.97 Å². The van der Waals surface area contributed by atoms with Gasteiger partial charge in [0.1, 0.15) is 12.4 Å². The zero-order valence-corrected chi connectivity index (χ0v) is 16.8. The molecule has 29 heavy (non-hydrogen) atoms. The molecule has 2 heterocycles. The van der Waals surface area contributed by atoms with Gasteiger partial charge in [0, 0.05) is 28.9 Å². The van der Waals surface area contributed by atoms with Gasteiger partial charge in [0.05, 0.1) is 18.3 Å². The Labute approximate surface area is 170 Å². The van der Waals surface area contributed by atoms with Crippen LogP contribution in [0.25, 0.3) is 22.2 Å². The second-order valence-corrected chi connectivity index (χ2v) is 7.16. The van der Waals surface area contributed by atoms with Crippen molar-refractivity contribution in [2.45, 2.75) is 26.4 Å². The molecule has 0 radical (unpaired) electrons. The first-order chi connectivity index (χ1) is 14.1. The second kappa shape index (κ2) is 8.27. The van der Waals surface area contributed by atoms with Crippen molar-refractivity contribution in [2.75, 3.05) is 7.11 Å². The Kier molecular flexibility index (Phi) is 5.38. The van der Waals surface area contributed by atoms with E-state index >= 15 is 0 Å². The lowest BCUT2D eigenvalue weighted by molar-refractivity contribution is 0.282. The molecule has 0 bridgehead atoms. The number of pyridine rings is 1. The van der Waals surface area contributed by atoms with Crippen LogP contribution in [0.2, 0.25) is 0 Å². The predicted octanol–water partition coefficient (Wildman–Crippen LogP) is 5.40. The molecule has 0 atom stereocenters. The number of fused-ring (bicyclic) bond motifs is 1. The maximum atomic E-state index is 5.89. The summed E-state index contributed by atoms with van der Waals surface area (Å²) >= 11 is 0. The fourth-order valence-corrected chi connectivity index (χ4v) is 3.16. The Bertz CT molecular complexity index is 1110. The zero-order valence-electron chi connectivity index (χ0n) is 16.8. The van der Waals surface area contributed by atoms with E-state index in [0.717, 1.165) is 33.5 Å². The molecule has 0 unspecified atom stereocenters. The predicted molar refractivity (Wildman–Crippen MR) is 114 cm³/mol. The lowest BCUT2D eigenvalue weighted by atomic mass is 9.99. The van der Waals surface area contributed by atoms with Gasteiger partial charge in [-0.3, -0.25) is 4.98 Å². The second-order valence-electron chi connectivity index (χ2n) is 7.16. The van der Waals surface area contributed by atoms with Crippen molar-refractivity contribution in [3.63, 3.8) is 0 Å². The lowest BCUT2D eigenvalue weighted by Gasteiger charge is -2.12. The van der Waals surface area contributed by atoms with Gasteiger partial charge in [-0.15, -0.1) is 0 Å². The van der Waals surface area contributed by atoms with E-state index in [4.69, 9.17) is 14.5 Å². The van der Waals surface area contributed by atoms with Crippen molar-refractivity contribution in [2.24, 2.45) is 0 Å². The van der Waals surface area contributed by atoms with Crippen molar-refractivity contribution >= 4 is 10.9 Å². The van der Waals surface area contributed by atoms with Crippen LogP contribution in [0.4, 0.5) is 0 Å². The molecule has 4 rings (SSSR count). The minimum Gasteiger partial charge on any atom is -0.497 e. The molecule has 0 saturated carbocycles. The summed E-state index contributed by atoms with van der Waals surface area (Å²) in [5, 5.41) is 0.926. The van der Waals surface area contributed by atoms with E-state index in [0.29, 0.717) is 18.5 Å². The molecule has 0 aliphatic heterocycles. The first kappa shape index (κ1) is 18.9. The third-order valence-corrected chi connectivity index (χ3v) is 4.82. The van der Waals surface area contributed by atoms with Gasteiger partial charge in [0.2, 0.25) is 0 Å². The van der Waals surface area contributed by atoms with Crippen molar-refractivity contribution in [1.29, 1.82) is 0 Å². The molecular weight excluding hydrogens is 362 g/mol. The van der Waals surface area contributed by atoms with Gasteiger partial charge >= 0.3 is 6.01 Å². The lowest BCUT2D eigenvalue weighted by Crippen LogP contribution is -2.02. The van der Waals surface area contributed by atoms with E-state index in [9.17, 15) is 0 Å². The molecule has 0 saturated heterocycles. The molecule has 2 aromatic carbocycles. The van der Waals surface area contributed by atoms with E-state index in [2.05, 4.69) is 48.1 Å². The molecule has 0 amide bonds. The van der Waals surface area contributed by atoms with Crippen molar-refractivity contribution in [1.82, 2.24) is 15.0 Å². The van der Waals surface area contributed by atoms with E-state index in [1.54, 1.807) is 19.5 Å². The van der Waals surface area contributed by atoms with Crippen molar-refractivity contribution in [3.05, 3.63) is 78.1 Å². The molecule has 0 aliphatic rings. The fourth-order valence-electron chi connectivity index (χ4n) is 3.16. The highest BCUT2D eigenvalue weighted by atomic mass is 16.5. The summed E-state index contributed by atoms with van der Waals surface area (Å²) in [6, 6.07) is 18.5. The van der Waals surface area contributed by atoms with Crippen LogP contribution in [0.15, 0.2) is 67.0 Å². The standard InChI is InChI=1S/C24H23N3O2/c1-16(2)18-6-8-19(9-7-18)23-21-13-20(28-3)10-11-22(21)26-24(27-23)29-15-17-5-4-12-25-14-17/h4-14,16H,15H2,1-3H3. The van der Waals surface area contributed by atoms with Gasteiger partial charge in [0.25, 0.3) is 0 Å². The van der Waals surface area contributed by atoms with E-state index in [1.165, 1.54) is 5.56 Å². The summed E-state index contributed by atoms with van der Waals surface area (Å²) in [5.74, 6) is 1.25. The Morgan fingerprint density at radius 2 is 1.79 bits per heavy atom. The minimum atomic E-state index is 0.342. The summed E-state index contributed by atoms with van der Waals surface area (Å²) in [6.07, 6.45) is 3.51. The third-order valence-electron chi connectivity index (χ3n) is 4.82. The Morgan fingerprint density at radius 1 is 0.966 bits per heavy atom. The summed E-state index contributed by atoms with van der Waals surface area (Å²) in [5.41, 5.74) is 4.91. The van der Waals surface area contributed by atoms with Crippen LogP contribution in [0.3, 0.4) is 0 Å². The molecule has 5 nitrogen and oxygen atoms in total. The number of hydrogen-bond donors (Lipinski definition) is 0. The van der Waals surface area contributed by atoms with Crippen LogP contribution < -0.4 is 9.47 Å². The monoisotopic (exact) mass is 385 g/mol. The highest BCUT2D eigenvalue weighted by Gasteiger charge is 2.13. The highest BCUT2D eigenvalue weighted by molar-refractivity contribution is 5.93. The Hall–Kier alpha value is -3.47. The first-order valence-electron chi connectivity index (χ1n) is 9.62. The molecular formula is C24H23N3O2. The van der Waals surface area contributed by atoms with Crippen LogP contribution >= 0.6 is 0 Å². The quantitative estimate of drug-likeness (QED) is 0.445. The Balaban J connectivity index is 1.76. The Morgan fingerprint density at radius 3 is 2.48 bits per heavy atom. The highest BCUT2D eigenvalue weighted by Crippen LogP contribution is 2.31. The topological polar surface area (TPSA) is 57.1 Å². The number of ether oxygens (including phenoxy) is 2. The number of benzene rings is 2. The van der Waals surface area contributed by atoms with Gasteiger partial charge in [-0.1, -0.05) is 44.2 Å². The van der Waals surface area contributed by atoms with Crippen molar-refractivity contribution < 1.29 is 9.47 Å². The smallest absolute Gasteiger partial charge is 0.317 e. The van der Waals surface area contributed by atoms with Gasteiger partial charge < -0.3 is 9.47 Å². The number of hydrogen-bond acceptors (Lipinski definition) is 5. The van der Waals surface area contributed by atoms with Crippen LogP contribution in [-0.4, -0.2) is 22.1 Å². The fraction of sp³-hybridized carbons (Fsp3) is 0.208. The summed E-state index contributed by atoms with van der Waals surface area (Å²) in [7, 11) is 1.66. The van der Waals surface area contributed by atoms with Gasteiger partial charge in [0.15, 0.2) is 0 Å². The number of methoxy groups -OCH3 is 1. The molecule has 0 N–H and O–H groups in total. The van der Waals surface area contributed by atoms with Crippen LogP contribution in [0.1, 0.15) is 30.9 Å². The zero-order chi connectivity index (χ0) is 20.2. The summed E-state index contributed by atoms with van der Waals surface area (Å²) in [6.45, 7) is 4.73. The summed E-state index contributed by atoms with van der Waals surface area (Å²) in [4.78, 5) is 13.4. The third kappa shape index (κ3) is 4.19. The van der Waals surface area contributed by atoms with Gasteiger partial charge in [-0.05, 0) is 35.7 Å². The number of nitrogens with zero attached hydrogens (tertiary/aromatic N) is 3. The molecule has 2 aromatic heterocycles. The van der Waals surface area contributed by atoms with E-state index < -0.39 is 0 Å². The first-order valence-corrected chi connectivity index (χ1v) is 9.62. The molecule has 146 valence electrons. The van der Waals surface area contributed by atoms with E-state index in [1.807, 2.05) is 30.3 Å². The summed E-state index contributed by atoms with van der Waals surface area (Å²) < 4.78 is 11.3. The van der Waals surface area contributed by atoms with Crippen molar-refractivity contribution in [3.8, 4) is 23.0 Å². The van der Waals surface area contributed by atoms with Crippen LogP contribution in [0.5, 0.6) is 11.8 Å². The largest absolute Gasteiger partial charge is 0.497 e. The van der Waals surface area contributed by atoms with Crippen LogP contribution in [0, 0.1) is 0 Å². The number of rotatable bonds is 6. The maximum Gasteiger partial charge on any atom is 0.317 e. The number of aromatic nitrogens is 3. The normalized spacial score (nSPS) is 11.0. The molecule has 5 heteroatoms. The molecule has 0 aliphatic carbocycles. The molecule has 0 spiro atoms. The van der Waals surface area contributed by atoms with Crippen LogP contribution in [-0.2, 0) is 6.61 Å². The molecule has 0 fully saturated rings. The average Bonchev–Trinajstić information content (AvgIpc) is 2.77. The average molecular weight is 385 g/mol. The SMILES string of the molecule is COc1ccc2nc(OCc3cccnc3)nc(-c3ccc(C(C)C)cc3)c2c1. The molecule has 4 aromatic rings. The maximum absolute atomic E-state index is 5.89. The van der Waals surface area contributed by atoms with Gasteiger partial charge in [-0.25, -0.2) is 0 Å².